The van der Waals surface area contributed by atoms with Crippen LogP contribution in [-0.4, -0.2) is 44.5 Å². The van der Waals surface area contributed by atoms with Crippen LogP contribution < -0.4 is 15.4 Å². The Bertz CT molecular complexity index is 755. The van der Waals surface area contributed by atoms with Gasteiger partial charge in [0.1, 0.15) is 5.75 Å². The van der Waals surface area contributed by atoms with E-state index in [1.165, 1.54) is 11.1 Å². The standard InChI is InChI=1S/C21H28N4O2/c1-16-5-7-18(8-6-16)15-25(3)21(22-2)24-14-20(26)23-13-17-9-11-19(27-4)12-10-17/h5-12H,13-15H2,1-4H3,(H,22,24)(H,23,26). The number of rotatable bonds is 7. The number of carbonyl (C=O) groups is 1. The average Bonchev–Trinajstić information content (AvgIpc) is 2.69. The molecule has 0 aliphatic heterocycles. The van der Waals surface area contributed by atoms with Gasteiger partial charge < -0.3 is 20.3 Å². The molecule has 0 spiro atoms. The number of carbonyl (C=O) groups excluding carboxylic acids is 1. The number of benzene rings is 2. The maximum atomic E-state index is 12.1. The maximum Gasteiger partial charge on any atom is 0.239 e. The lowest BCUT2D eigenvalue weighted by Crippen LogP contribution is -2.43. The molecule has 0 fully saturated rings. The van der Waals surface area contributed by atoms with E-state index in [4.69, 9.17) is 4.74 Å². The summed E-state index contributed by atoms with van der Waals surface area (Å²) in [5, 5.41) is 5.99. The van der Waals surface area contributed by atoms with Crippen LogP contribution in [0.25, 0.3) is 0 Å². The average molecular weight is 368 g/mol. The number of nitrogens with zero attached hydrogens (tertiary/aromatic N) is 2. The number of hydrogen-bond acceptors (Lipinski definition) is 3. The van der Waals surface area contributed by atoms with Crippen molar-refractivity contribution in [1.29, 1.82) is 0 Å². The molecule has 0 aliphatic rings. The number of nitrogens with one attached hydrogen (secondary N) is 2. The third kappa shape index (κ3) is 6.66. The summed E-state index contributed by atoms with van der Waals surface area (Å²) in [6, 6.07) is 16.0. The van der Waals surface area contributed by atoms with Gasteiger partial charge in [0, 0.05) is 27.2 Å². The fraction of sp³-hybridized carbons (Fsp3) is 0.333. The predicted octanol–water partition coefficient (Wildman–Crippen LogP) is 2.33. The summed E-state index contributed by atoms with van der Waals surface area (Å²) in [6.45, 7) is 3.43. The van der Waals surface area contributed by atoms with Crippen molar-refractivity contribution in [3.63, 3.8) is 0 Å². The lowest BCUT2D eigenvalue weighted by atomic mass is 10.1. The molecule has 0 aromatic heterocycles. The molecule has 0 saturated heterocycles. The van der Waals surface area contributed by atoms with Crippen molar-refractivity contribution in [3.05, 3.63) is 65.2 Å². The van der Waals surface area contributed by atoms with Gasteiger partial charge >= 0.3 is 0 Å². The van der Waals surface area contributed by atoms with Crippen molar-refractivity contribution in [1.82, 2.24) is 15.5 Å². The summed E-state index contributed by atoms with van der Waals surface area (Å²) < 4.78 is 5.13. The van der Waals surface area contributed by atoms with Crippen molar-refractivity contribution in [2.45, 2.75) is 20.0 Å². The van der Waals surface area contributed by atoms with Crippen LogP contribution in [0.5, 0.6) is 5.75 Å². The summed E-state index contributed by atoms with van der Waals surface area (Å²) in [4.78, 5) is 18.3. The summed E-state index contributed by atoms with van der Waals surface area (Å²) >= 11 is 0. The molecule has 0 radical (unpaired) electrons. The quantitative estimate of drug-likeness (QED) is 0.581. The van der Waals surface area contributed by atoms with E-state index in [1.54, 1.807) is 14.2 Å². The lowest BCUT2D eigenvalue weighted by molar-refractivity contribution is -0.120. The SMILES string of the molecule is CN=C(NCC(=O)NCc1ccc(OC)cc1)N(C)Cc1ccc(C)cc1. The first-order chi connectivity index (χ1) is 13.0. The van der Waals surface area contributed by atoms with Gasteiger partial charge in [-0.1, -0.05) is 42.0 Å². The highest BCUT2D eigenvalue weighted by atomic mass is 16.5. The molecule has 2 N–H and O–H groups in total. The second-order valence-corrected chi connectivity index (χ2v) is 6.37. The van der Waals surface area contributed by atoms with Crippen LogP contribution in [0.3, 0.4) is 0 Å². The lowest BCUT2D eigenvalue weighted by Gasteiger charge is -2.22. The van der Waals surface area contributed by atoms with Crippen molar-refractivity contribution in [2.24, 2.45) is 4.99 Å². The van der Waals surface area contributed by atoms with Crippen molar-refractivity contribution >= 4 is 11.9 Å². The van der Waals surface area contributed by atoms with Gasteiger partial charge in [0.15, 0.2) is 5.96 Å². The summed E-state index contributed by atoms with van der Waals surface area (Å²) in [7, 11) is 5.29. The van der Waals surface area contributed by atoms with Gasteiger partial charge in [0.05, 0.1) is 13.7 Å². The molecule has 6 nitrogen and oxygen atoms in total. The topological polar surface area (TPSA) is 66.0 Å². The third-order valence-corrected chi connectivity index (χ3v) is 4.17. The Morgan fingerprint density at radius 3 is 2.26 bits per heavy atom. The molecule has 0 atom stereocenters. The minimum atomic E-state index is -0.0873. The van der Waals surface area contributed by atoms with Gasteiger partial charge in [-0.2, -0.15) is 0 Å². The van der Waals surface area contributed by atoms with E-state index in [-0.39, 0.29) is 12.5 Å². The molecule has 0 aliphatic carbocycles. The molecule has 2 aromatic rings. The van der Waals surface area contributed by atoms with Gasteiger partial charge in [-0.25, -0.2) is 0 Å². The minimum absolute atomic E-state index is 0.0873. The largest absolute Gasteiger partial charge is 0.497 e. The van der Waals surface area contributed by atoms with E-state index in [0.717, 1.165) is 11.3 Å². The Morgan fingerprint density at radius 2 is 1.67 bits per heavy atom. The van der Waals surface area contributed by atoms with Crippen LogP contribution in [0.2, 0.25) is 0 Å². The second-order valence-electron chi connectivity index (χ2n) is 6.37. The zero-order valence-corrected chi connectivity index (χ0v) is 16.5. The second kappa shape index (κ2) is 10.2. The normalized spacial score (nSPS) is 11.0. The zero-order chi connectivity index (χ0) is 19.6. The van der Waals surface area contributed by atoms with Gasteiger partial charge in [-0.05, 0) is 30.2 Å². The number of aryl methyl sites for hydroxylation is 1. The third-order valence-electron chi connectivity index (χ3n) is 4.17. The zero-order valence-electron chi connectivity index (χ0n) is 16.5. The molecule has 0 bridgehead atoms. The highest BCUT2D eigenvalue weighted by Gasteiger charge is 2.09. The Hall–Kier alpha value is -3.02. The van der Waals surface area contributed by atoms with Crippen LogP contribution >= 0.6 is 0 Å². The smallest absolute Gasteiger partial charge is 0.239 e. The van der Waals surface area contributed by atoms with Crippen molar-refractivity contribution < 1.29 is 9.53 Å². The van der Waals surface area contributed by atoms with Crippen LogP contribution in [0.4, 0.5) is 0 Å². The van der Waals surface area contributed by atoms with Gasteiger partial charge in [0.25, 0.3) is 0 Å². The van der Waals surface area contributed by atoms with Crippen LogP contribution in [0.1, 0.15) is 16.7 Å². The van der Waals surface area contributed by atoms with Crippen LogP contribution in [0, 0.1) is 6.92 Å². The van der Waals surface area contributed by atoms with Gasteiger partial charge in [-0.3, -0.25) is 9.79 Å². The monoisotopic (exact) mass is 368 g/mol. The fourth-order valence-electron chi connectivity index (χ4n) is 2.59. The molecule has 0 unspecified atom stereocenters. The Morgan fingerprint density at radius 1 is 1.04 bits per heavy atom. The Kier molecular flexibility index (Phi) is 7.67. The van der Waals surface area contributed by atoms with E-state index >= 15 is 0 Å². The molecule has 2 aromatic carbocycles. The summed E-state index contributed by atoms with van der Waals surface area (Å²) in [5.74, 6) is 1.39. The summed E-state index contributed by atoms with van der Waals surface area (Å²) in [5.41, 5.74) is 3.44. The number of ether oxygens (including phenoxy) is 1. The van der Waals surface area contributed by atoms with Crippen molar-refractivity contribution in [2.75, 3.05) is 27.7 Å². The van der Waals surface area contributed by atoms with E-state index in [0.29, 0.717) is 19.0 Å². The Labute approximate surface area is 161 Å². The molecule has 0 saturated carbocycles. The van der Waals surface area contributed by atoms with Crippen molar-refractivity contribution in [3.8, 4) is 5.75 Å². The van der Waals surface area contributed by atoms with Crippen LogP contribution in [0.15, 0.2) is 53.5 Å². The van der Waals surface area contributed by atoms with Crippen LogP contribution in [-0.2, 0) is 17.9 Å². The minimum Gasteiger partial charge on any atom is -0.497 e. The number of methoxy groups -OCH3 is 1. The molecule has 1 amide bonds. The predicted molar refractivity (Wildman–Crippen MR) is 109 cm³/mol. The molecule has 6 heteroatoms. The first-order valence-electron chi connectivity index (χ1n) is 8.88. The maximum absolute atomic E-state index is 12.1. The number of hydrogen-bond donors (Lipinski definition) is 2. The first kappa shape index (κ1) is 20.3. The van der Waals surface area contributed by atoms with E-state index < -0.39 is 0 Å². The molecule has 0 heterocycles. The molecule has 144 valence electrons. The highest BCUT2D eigenvalue weighted by Crippen LogP contribution is 2.10. The number of guanidine groups is 1. The summed E-state index contributed by atoms with van der Waals surface area (Å²) in [6.07, 6.45) is 0. The first-order valence-corrected chi connectivity index (χ1v) is 8.88. The van der Waals surface area contributed by atoms with Gasteiger partial charge in [-0.15, -0.1) is 0 Å². The highest BCUT2D eigenvalue weighted by molar-refractivity contribution is 5.86. The van der Waals surface area contributed by atoms with E-state index in [2.05, 4.69) is 46.8 Å². The Balaban J connectivity index is 1.78. The fourth-order valence-corrected chi connectivity index (χ4v) is 2.59. The number of aliphatic imine (C=N–C) groups is 1. The van der Waals surface area contributed by atoms with E-state index in [1.807, 2.05) is 36.2 Å². The molecule has 2 rings (SSSR count). The van der Waals surface area contributed by atoms with Gasteiger partial charge in [0.2, 0.25) is 5.91 Å². The van der Waals surface area contributed by atoms with E-state index in [9.17, 15) is 4.79 Å². The molecular formula is C21H28N4O2. The molecular weight excluding hydrogens is 340 g/mol. The number of amides is 1. The molecule has 27 heavy (non-hydrogen) atoms.